The first kappa shape index (κ1) is 27.3. The maximum Gasteiger partial charge on any atom is 0.273 e. The van der Waals surface area contributed by atoms with Gasteiger partial charge in [-0.25, -0.2) is 4.68 Å². The lowest BCUT2D eigenvalue weighted by molar-refractivity contribution is 0.0949. The van der Waals surface area contributed by atoms with E-state index in [-0.39, 0.29) is 34.8 Å². The van der Waals surface area contributed by atoms with Gasteiger partial charge in [0, 0.05) is 13.1 Å². The second-order valence-electron chi connectivity index (χ2n) is 10.3. The van der Waals surface area contributed by atoms with E-state index < -0.39 is 0 Å². The van der Waals surface area contributed by atoms with Crippen LogP contribution < -0.4 is 15.8 Å². The number of nitrogens with two attached hydrogens (primary N) is 1. The van der Waals surface area contributed by atoms with Crippen molar-refractivity contribution in [3.8, 4) is 11.4 Å². The fourth-order valence-corrected chi connectivity index (χ4v) is 3.27. The summed E-state index contributed by atoms with van der Waals surface area (Å²) in [5, 5.41) is 10.6. The number of amides is 1. The van der Waals surface area contributed by atoms with Crippen LogP contribution in [0.3, 0.4) is 0 Å². The van der Waals surface area contributed by atoms with Gasteiger partial charge < -0.3 is 15.8 Å². The normalized spacial score (nSPS) is 11.6. The number of benzene rings is 2. The van der Waals surface area contributed by atoms with Gasteiger partial charge in [-0.15, -0.1) is 17.5 Å². The van der Waals surface area contributed by atoms with Crippen molar-refractivity contribution in [3.63, 3.8) is 0 Å². The van der Waals surface area contributed by atoms with E-state index >= 15 is 0 Å². The number of hydrogen-bond acceptors (Lipinski definition) is 5. The Morgan fingerprint density at radius 3 is 2.12 bits per heavy atom. The average Bonchev–Trinajstić information content (AvgIpc) is 3.25. The van der Waals surface area contributed by atoms with Gasteiger partial charge in [0.15, 0.2) is 5.69 Å². The predicted molar refractivity (Wildman–Crippen MR) is 138 cm³/mol. The maximum atomic E-state index is 12.0. The van der Waals surface area contributed by atoms with Gasteiger partial charge in [-0.1, -0.05) is 65.0 Å². The quantitative estimate of drug-likeness (QED) is 0.511. The summed E-state index contributed by atoms with van der Waals surface area (Å²) in [4.78, 5) is 12.0. The summed E-state index contributed by atoms with van der Waals surface area (Å²) in [6, 6.07) is 14.3. The summed E-state index contributed by atoms with van der Waals surface area (Å²) < 4.78 is 7.64. The number of hydrogen-bond donors (Lipinski definition) is 2. The van der Waals surface area contributed by atoms with Crippen LogP contribution in [0.2, 0.25) is 0 Å². The van der Waals surface area contributed by atoms with Crippen molar-refractivity contribution in [2.45, 2.75) is 59.0 Å². The number of nitrogens with one attached hydrogen (secondary N) is 1. The molecule has 0 saturated heterocycles. The van der Waals surface area contributed by atoms with Crippen LogP contribution >= 0.6 is 12.4 Å². The molecule has 0 bridgehead atoms. The molecule has 0 aliphatic carbocycles. The fraction of sp³-hybridized carbons (Fsp3) is 0.423. The number of carbonyl (C=O) groups is 1. The van der Waals surface area contributed by atoms with Gasteiger partial charge in [0.05, 0.1) is 11.9 Å². The van der Waals surface area contributed by atoms with E-state index in [1.165, 1.54) is 11.1 Å². The summed E-state index contributed by atoms with van der Waals surface area (Å²) in [6.07, 6.45) is 1.59. The van der Waals surface area contributed by atoms with Gasteiger partial charge in [-0.2, -0.15) is 0 Å². The molecular weight excluding hydrogens is 450 g/mol. The second-order valence-corrected chi connectivity index (χ2v) is 10.3. The van der Waals surface area contributed by atoms with E-state index in [9.17, 15) is 4.79 Å². The minimum atomic E-state index is -0.293. The Hall–Kier alpha value is -2.90. The molecule has 2 aromatic carbocycles. The smallest absolute Gasteiger partial charge is 0.273 e. The molecule has 3 N–H and O–H groups in total. The lowest BCUT2D eigenvalue weighted by Crippen LogP contribution is -2.29. The third kappa shape index (κ3) is 7.05. The number of aromatic nitrogens is 3. The Morgan fingerprint density at radius 2 is 1.59 bits per heavy atom. The van der Waals surface area contributed by atoms with Crippen molar-refractivity contribution >= 4 is 18.3 Å². The van der Waals surface area contributed by atoms with E-state index in [0.717, 1.165) is 17.0 Å². The summed E-state index contributed by atoms with van der Waals surface area (Å²) in [5.74, 6) is 0.469. The van der Waals surface area contributed by atoms with Gasteiger partial charge in [0.2, 0.25) is 0 Å². The number of halogens is 1. The molecule has 3 rings (SSSR count). The molecule has 1 amide bonds. The Labute approximate surface area is 208 Å². The van der Waals surface area contributed by atoms with Crippen molar-refractivity contribution in [1.29, 1.82) is 0 Å². The van der Waals surface area contributed by atoms with E-state index in [0.29, 0.717) is 19.7 Å². The zero-order valence-electron chi connectivity index (χ0n) is 20.9. The van der Waals surface area contributed by atoms with Crippen molar-refractivity contribution in [2.75, 3.05) is 13.1 Å². The molecular formula is C26H36ClN5O2. The summed E-state index contributed by atoms with van der Waals surface area (Å²) >= 11 is 0. The van der Waals surface area contributed by atoms with Crippen LogP contribution in [-0.2, 0) is 17.4 Å². The fourth-order valence-electron chi connectivity index (χ4n) is 3.27. The molecule has 34 heavy (non-hydrogen) atoms. The van der Waals surface area contributed by atoms with Gasteiger partial charge in [-0.3, -0.25) is 4.79 Å². The van der Waals surface area contributed by atoms with Crippen molar-refractivity contribution < 1.29 is 9.53 Å². The van der Waals surface area contributed by atoms with Crippen LogP contribution in [0.1, 0.15) is 68.7 Å². The molecule has 0 aliphatic rings. The lowest BCUT2D eigenvalue weighted by Gasteiger charge is -2.26. The van der Waals surface area contributed by atoms with Crippen molar-refractivity contribution in [3.05, 3.63) is 71.0 Å². The minimum absolute atomic E-state index is 0. The standard InChI is InChI=1S/C26H35N5O2.ClH/c1-25(2,3)19-13-18(14-20(15-19)26(4,5)6)17-33-22-9-7-21(8-10-22)31-16-23(29-30-31)24(32)28-12-11-27;/h7-10,13-16H,11-12,17,27H2,1-6H3,(H,28,32);1H. The monoisotopic (exact) mass is 485 g/mol. The zero-order chi connectivity index (χ0) is 24.2. The Morgan fingerprint density at radius 1 is 1.00 bits per heavy atom. The van der Waals surface area contributed by atoms with E-state index in [1.54, 1.807) is 10.9 Å². The van der Waals surface area contributed by atoms with Crippen LogP contribution in [0.15, 0.2) is 48.7 Å². The third-order valence-corrected chi connectivity index (χ3v) is 5.39. The topological polar surface area (TPSA) is 95.1 Å². The van der Waals surface area contributed by atoms with Crippen molar-refractivity contribution in [1.82, 2.24) is 20.3 Å². The predicted octanol–water partition coefficient (Wildman–Crippen LogP) is 4.55. The van der Waals surface area contributed by atoms with Gasteiger partial charge in [0.1, 0.15) is 12.4 Å². The molecule has 1 aromatic heterocycles. The highest BCUT2D eigenvalue weighted by Crippen LogP contribution is 2.30. The molecule has 0 unspecified atom stereocenters. The molecule has 0 saturated carbocycles. The Balaban J connectivity index is 0.00000408. The Bertz CT molecular complexity index is 1060. The molecule has 0 radical (unpaired) electrons. The Kier molecular flexibility index (Phi) is 8.86. The first-order valence-electron chi connectivity index (χ1n) is 11.3. The van der Waals surface area contributed by atoms with Crippen LogP contribution in [-0.4, -0.2) is 34.0 Å². The van der Waals surface area contributed by atoms with E-state index in [2.05, 4.69) is 75.4 Å². The summed E-state index contributed by atoms with van der Waals surface area (Å²) in [5.41, 5.74) is 10.3. The first-order chi connectivity index (χ1) is 15.5. The van der Waals surface area contributed by atoms with Gasteiger partial charge in [-0.05, 0) is 51.8 Å². The number of carbonyl (C=O) groups excluding carboxylic acids is 1. The van der Waals surface area contributed by atoms with Crippen LogP contribution in [0.4, 0.5) is 0 Å². The lowest BCUT2D eigenvalue weighted by atomic mass is 9.79. The molecule has 1 heterocycles. The first-order valence-corrected chi connectivity index (χ1v) is 11.3. The molecule has 3 aromatic rings. The molecule has 0 fully saturated rings. The van der Waals surface area contributed by atoms with E-state index in [1.807, 2.05) is 24.3 Å². The SMILES string of the molecule is CC(C)(C)c1cc(COc2ccc(-n3cc(C(=O)NCCN)nn3)cc2)cc(C(C)(C)C)c1.Cl. The molecule has 0 atom stereocenters. The number of ether oxygens (including phenoxy) is 1. The van der Waals surface area contributed by atoms with Crippen LogP contribution in [0.25, 0.3) is 5.69 Å². The highest BCUT2D eigenvalue weighted by atomic mass is 35.5. The van der Waals surface area contributed by atoms with E-state index in [4.69, 9.17) is 10.5 Å². The molecule has 7 nitrogen and oxygen atoms in total. The third-order valence-electron chi connectivity index (χ3n) is 5.39. The van der Waals surface area contributed by atoms with Crippen LogP contribution in [0.5, 0.6) is 5.75 Å². The molecule has 8 heteroatoms. The van der Waals surface area contributed by atoms with Crippen LogP contribution in [0, 0.1) is 0 Å². The molecule has 0 spiro atoms. The average molecular weight is 486 g/mol. The second kappa shape index (κ2) is 11.0. The summed E-state index contributed by atoms with van der Waals surface area (Å²) in [6.45, 7) is 14.6. The summed E-state index contributed by atoms with van der Waals surface area (Å²) in [7, 11) is 0. The van der Waals surface area contributed by atoms with Gasteiger partial charge in [0.25, 0.3) is 5.91 Å². The number of nitrogens with zero attached hydrogens (tertiary/aromatic N) is 3. The van der Waals surface area contributed by atoms with Gasteiger partial charge >= 0.3 is 0 Å². The highest BCUT2D eigenvalue weighted by molar-refractivity contribution is 5.91. The highest BCUT2D eigenvalue weighted by Gasteiger charge is 2.20. The minimum Gasteiger partial charge on any atom is -0.489 e. The zero-order valence-corrected chi connectivity index (χ0v) is 21.7. The molecule has 184 valence electrons. The number of rotatable bonds is 7. The molecule has 0 aliphatic heterocycles. The largest absolute Gasteiger partial charge is 0.489 e. The maximum absolute atomic E-state index is 12.0. The van der Waals surface area contributed by atoms with Crippen molar-refractivity contribution in [2.24, 2.45) is 5.73 Å².